The highest BCUT2D eigenvalue weighted by Crippen LogP contribution is 2.34. The van der Waals surface area contributed by atoms with Crippen molar-refractivity contribution in [3.8, 4) is 16.9 Å². The van der Waals surface area contributed by atoms with E-state index >= 15 is 0 Å². The van der Waals surface area contributed by atoms with Crippen molar-refractivity contribution < 1.29 is 28.9 Å². The largest absolute Gasteiger partial charge is 0.513 e. The minimum absolute atomic E-state index is 0.543. The number of benzene rings is 2. The van der Waals surface area contributed by atoms with Crippen molar-refractivity contribution in [1.82, 2.24) is 0 Å². The third-order valence-electron chi connectivity index (χ3n) is 3.51. The van der Waals surface area contributed by atoms with Gasteiger partial charge in [-0.2, -0.15) is 0 Å². The van der Waals surface area contributed by atoms with Gasteiger partial charge in [-0.15, -0.1) is 0 Å². The molecule has 0 heterocycles. The fourth-order valence-electron chi connectivity index (χ4n) is 2.30. The van der Waals surface area contributed by atoms with Gasteiger partial charge in [-0.05, 0) is 30.0 Å². The summed E-state index contributed by atoms with van der Waals surface area (Å²) in [6, 6.07) is 15.8. The van der Waals surface area contributed by atoms with Crippen molar-refractivity contribution in [2.45, 2.75) is 26.2 Å². The van der Waals surface area contributed by atoms with Gasteiger partial charge in [0.15, 0.2) is 0 Å². The zero-order chi connectivity index (χ0) is 19.4. The maximum absolute atomic E-state index is 11.4. The highest BCUT2D eigenvalue weighted by molar-refractivity contribution is 5.77. The van der Waals surface area contributed by atoms with E-state index in [1.165, 1.54) is 12.7 Å². The Labute approximate surface area is 153 Å². The lowest BCUT2D eigenvalue weighted by atomic mass is 9.95. The topological polar surface area (TPSA) is 82.1 Å². The molecule has 0 aromatic heterocycles. The lowest BCUT2D eigenvalue weighted by Gasteiger charge is -2.14. The van der Waals surface area contributed by atoms with Crippen LogP contribution >= 0.6 is 0 Å². The van der Waals surface area contributed by atoms with Gasteiger partial charge in [0.25, 0.3) is 0 Å². The second-order valence-corrected chi connectivity index (χ2v) is 5.29. The molecular weight excluding hydrogens is 336 g/mol. The molecule has 2 aromatic rings. The lowest BCUT2D eigenvalue weighted by molar-refractivity contribution is 0.113. The highest BCUT2D eigenvalue weighted by atomic mass is 16.7. The van der Waals surface area contributed by atoms with Gasteiger partial charge in [-0.1, -0.05) is 55.8 Å². The van der Waals surface area contributed by atoms with Gasteiger partial charge in [0, 0.05) is 5.56 Å². The summed E-state index contributed by atoms with van der Waals surface area (Å²) in [5, 5.41) is 7.50. The van der Waals surface area contributed by atoms with E-state index in [1.807, 2.05) is 36.4 Å². The minimum Gasteiger partial charge on any atom is -0.450 e. The molecule has 0 aliphatic rings. The van der Waals surface area contributed by atoms with Crippen LogP contribution in [0.5, 0.6) is 5.75 Å². The fraction of sp³-hybridized carbons (Fsp3) is 0.300. The quantitative estimate of drug-likeness (QED) is 0.586. The Hall–Kier alpha value is -3.02. The number of hydrogen-bond donors (Lipinski definition) is 1. The molecule has 0 aliphatic carbocycles. The van der Waals surface area contributed by atoms with Gasteiger partial charge in [0.2, 0.25) is 0 Å². The molecule has 0 fully saturated rings. The van der Waals surface area contributed by atoms with E-state index in [0.29, 0.717) is 5.75 Å². The van der Waals surface area contributed by atoms with E-state index in [0.717, 1.165) is 37.5 Å². The first kappa shape index (κ1) is 21.0. The standard InChI is InChI=1S/C18H20O3.C2H4O3/c1-3-4-9-14-12-8-13-16(21-18(19)20-2)17(14)15-10-6-5-7-11-15;1-5-2(3)4/h5-8,10-13H,3-4,9H2,1-2H3;1H3,(H,3,4). The van der Waals surface area contributed by atoms with Crippen molar-refractivity contribution in [3.63, 3.8) is 0 Å². The fourth-order valence-corrected chi connectivity index (χ4v) is 2.30. The molecule has 2 rings (SSSR count). The zero-order valence-electron chi connectivity index (χ0n) is 15.2. The van der Waals surface area contributed by atoms with Crippen molar-refractivity contribution in [1.29, 1.82) is 0 Å². The van der Waals surface area contributed by atoms with Crippen LogP contribution in [0.4, 0.5) is 9.59 Å². The van der Waals surface area contributed by atoms with E-state index in [2.05, 4.69) is 22.5 Å². The number of rotatable bonds is 5. The molecule has 1 N–H and O–H groups in total. The Morgan fingerprint density at radius 1 is 0.962 bits per heavy atom. The van der Waals surface area contributed by atoms with Crippen LogP contribution in [-0.2, 0) is 15.9 Å². The molecular formula is C20H24O6. The van der Waals surface area contributed by atoms with Gasteiger partial charge in [0.05, 0.1) is 14.2 Å². The molecule has 140 valence electrons. The summed E-state index contributed by atoms with van der Waals surface area (Å²) in [5.41, 5.74) is 3.20. The normalized spacial score (nSPS) is 9.50. The number of methoxy groups -OCH3 is 2. The van der Waals surface area contributed by atoms with Crippen molar-refractivity contribution in [2.75, 3.05) is 14.2 Å². The van der Waals surface area contributed by atoms with E-state index in [1.54, 1.807) is 6.07 Å². The Morgan fingerprint density at radius 3 is 2.15 bits per heavy atom. The first-order chi connectivity index (χ1) is 12.5. The predicted octanol–water partition coefficient (Wildman–Crippen LogP) is 5.15. The van der Waals surface area contributed by atoms with Gasteiger partial charge in [-0.25, -0.2) is 9.59 Å². The second-order valence-electron chi connectivity index (χ2n) is 5.29. The Balaban J connectivity index is 0.000000597. The Morgan fingerprint density at radius 2 is 1.62 bits per heavy atom. The van der Waals surface area contributed by atoms with Crippen molar-refractivity contribution >= 4 is 12.3 Å². The van der Waals surface area contributed by atoms with Crippen LogP contribution in [0, 0.1) is 0 Å². The summed E-state index contributed by atoms with van der Waals surface area (Å²) in [5.74, 6) is 0.543. The summed E-state index contributed by atoms with van der Waals surface area (Å²) in [7, 11) is 2.41. The Bertz CT molecular complexity index is 697. The molecule has 0 unspecified atom stereocenters. The van der Waals surface area contributed by atoms with Crippen molar-refractivity contribution in [3.05, 3.63) is 54.1 Å². The maximum atomic E-state index is 11.4. The zero-order valence-corrected chi connectivity index (χ0v) is 15.2. The monoisotopic (exact) mass is 360 g/mol. The molecule has 26 heavy (non-hydrogen) atoms. The number of hydrogen-bond acceptors (Lipinski definition) is 5. The summed E-state index contributed by atoms with van der Waals surface area (Å²) >= 11 is 0. The molecule has 6 heteroatoms. The highest BCUT2D eigenvalue weighted by Gasteiger charge is 2.14. The molecule has 0 amide bonds. The average Bonchev–Trinajstić information content (AvgIpc) is 2.67. The van der Waals surface area contributed by atoms with E-state index in [-0.39, 0.29) is 0 Å². The number of ether oxygens (including phenoxy) is 3. The number of carboxylic acid groups (broad SMARTS) is 1. The van der Waals surface area contributed by atoms with E-state index < -0.39 is 12.3 Å². The lowest BCUT2D eigenvalue weighted by Crippen LogP contribution is -2.08. The maximum Gasteiger partial charge on any atom is 0.513 e. The third kappa shape index (κ3) is 6.84. The van der Waals surface area contributed by atoms with Gasteiger partial charge >= 0.3 is 12.3 Å². The molecule has 2 aromatic carbocycles. The molecule has 0 aliphatic heterocycles. The molecule has 6 nitrogen and oxygen atoms in total. The predicted molar refractivity (Wildman–Crippen MR) is 98.6 cm³/mol. The second kappa shape index (κ2) is 11.5. The number of carbonyl (C=O) groups excluding carboxylic acids is 1. The summed E-state index contributed by atoms with van der Waals surface area (Å²) < 4.78 is 13.6. The van der Waals surface area contributed by atoms with Crippen LogP contribution in [-0.4, -0.2) is 31.6 Å². The van der Waals surface area contributed by atoms with Crippen LogP contribution in [0.25, 0.3) is 11.1 Å². The average molecular weight is 360 g/mol. The Kier molecular flexibility index (Phi) is 9.31. The van der Waals surface area contributed by atoms with E-state index in [4.69, 9.17) is 14.6 Å². The number of carbonyl (C=O) groups is 2. The first-order valence-corrected chi connectivity index (χ1v) is 8.23. The van der Waals surface area contributed by atoms with Crippen LogP contribution in [0.15, 0.2) is 48.5 Å². The molecule has 0 saturated heterocycles. The van der Waals surface area contributed by atoms with E-state index in [9.17, 15) is 4.79 Å². The van der Waals surface area contributed by atoms with Crippen LogP contribution in [0.1, 0.15) is 25.3 Å². The summed E-state index contributed by atoms with van der Waals surface area (Å²) in [6.45, 7) is 2.16. The molecule has 0 bridgehead atoms. The minimum atomic E-state index is -1.25. The molecule has 0 spiro atoms. The van der Waals surface area contributed by atoms with Crippen LogP contribution in [0.2, 0.25) is 0 Å². The number of aryl methyl sites for hydroxylation is 1. The summed E-state index contributed by atoms with van der Waals surface area (Å²) in [6.07, 6.45) is 1.24. The molecule has 0 atom stereocenters. The molecule has 0 saturated carbocycles. The van der Waals surface area contributed by atoms with Crippen LogP contribution in [0.3, 0.4) is 0 Å². The van der Waals surface area contributed by atoms with Gasteiger partial charge in [0.1, 0.15) is 5.75 Å². The van der Waals surface area contributed by atoms with Crippen molar-refractivity contribution in [2.24, 2.45) is 0 Å². The number of unbranched alkanes of at least 4 members (excludes halogenated alkanes) is 1. The van der Waals surface area contributed by atoms with Gasteiger partial charge in [-0.3, -0.25) is 0 Å². The summed E-state index contributed by atoms with van der Waals surface area (Å²) in [4.78, 5) is 20.6. The third-order valence-corrected chi connectivity index (χ3v) is 3.51. The first-order valence-electron chi connectivity index (χ1n) is 8.23. The SMILES string of the molecule is CCCCc1cccc(OC(=O)OC)c1-c1ccccc1.COC(=O)O. The molecule has 0 radical (unpaired) electrons. The van der Waals surface area contributed by atoms with Gasteiger partial charge < -0.3 is 19.3 Å². The van der Waals surface area contributed by atoms with Crippen LogP contribution < -0.4 is 4.74 Å². The smallest absolute Gasteiger partial charge is 0.450 e.